The first kappa shape index (κ1) is 11.0. The number of hydrogen-bond donors (Lipinski definition) is 2. The second kappa shape index (κ2) is 4.97. The molecule has 1 rings (SSSR count). The van der Waals surface area contributed by atoms with Crippen LogP contribution in [-0.2, 0) is 0 Å². The lowest BCUT2D eigenvalue weighted by molar-refractivity contribution is 0.153. The Hall–Kier alpha value is -0.0800. The Balaban J connectivity index is 2.35. The molecule has 0 spiro atoms. The molecular formula is C11H23NO. The van der Waals surface area contributed by atoms with Gasteiger partial charge in [-0.05, 0) is 31.6 Å². The average Bonchev–Trinajstić information content (AvgIpc) is 2.03. The fourth-order valence-electron chi connectivity index (χ4n) is 2.39. The molecule has 2 heteroatoms. The number of nitrogens with one attached hydrogen (secondary N) is 1. The lowest BCUT2D eigenvalue weighted by Gasteiger charge is -2.35. The van der Waals surface area contributed by atoms with Gasteiger partial charge in [-0.1, -0.05) is 20.3 Å². The van der Waals surface area contributed by atoms with Crippen molar-refractivity contribution in [2.45, 2.75) is 52.2 Å². The lowest BCUT2D eigenvalue weighted by Crippen LogP contribution is -2.45. The van der Waals surface area contributed by atoms with E-state index in [4.69, 9.17) is 0 Å². The van der Waals surface area contributed by atoms with Crippen LogP contribution in [0.3, 0.4) is 0 Å². The third-order valence-corrected chi connectivity index (χ3v) is 3.19. The van der Waals surface area contributed by atoms with Crippen molar-refractivity contribution >= 4 is 0 Å². The maximum atomic E-state index is 9.19. The number of aliphatic hydroxyl groups excluding tert-OH is 1. The van der Waals surface area contributed by atoms with Crippen LogP contribution < -0.4 is 5.32 Å². The highest BCUT2D eigenvalue weighted by atomic mass is 16.3. The van der Waals surface area contributed by atoms with Crippen molar-refractivity contribution in [1.82, 2.24) is 5.32 Å². The molecule has 0 bridgehead atoms. The number of hydrogen-bond acceptors (Lipinski definition) is 2. The highest BCUT2D eigenvalue weighted by molar-refractivity contribution is 4.83. The zero-order chi connectivity index (χ0) is 9.84. The molecule has 0 aromatic heterocycles. The van der Waals surface area contributed by atoms with E-state index in [1.54, 1.807) is 0 Å². The first-order chi connectivity index (χ1) is 6.11. The molecule has 2 N–H and O–H groups in total. The molecule has 0 radical (unpaired) electrons. The number of rotatable bonds is 3. The van der Waals surface area contributed by atoms with Gasteiger partial charge in [0.25, 0.3) is 0 Å². The minimum absolute atomic E-state index is 0.221. The summed E-state index contributed by atoms with van der Waals surface area (Å²) >= 11 is 0. The fraction of sp³-hybridized carbons (Fsp3) is 1.00. The van der Waals surface area contributed by atoms with Crippen LogP contribution in [0, 0.1) is 11.8 Å². The minimum atomic E-state index is -0.221. The van der Waals surface area contributed by atoms with Gasteiger partial charge in [0.2, 0.25) is 0 Å². The van der Waals surface area contributed by atoms with Crippen LogP contribution >= 0.6 is 0 Å². The lowest BCUT2D eigenvalue weighted by atomic mass is 9.79. The van der Waals surface area contributed by atoms with Gasteiger partial charge in [-0.3, -0.25) is 0 Å². The second-order valence-electron chi connectivity index (χ2n) is 4.67. The number of aliphatic hydroxyl groups is 1. The average molecular weight is 185 g/mol. The highest BCUT2D eigenvalue weighted by Gasteiger charge is 2.26. The zero-order valence-corrected chi connectivity index (χ0v) is 9.09. The summed E-state index contributed by atoms with van der Waals surface area (Å²) < 4.78 is 0. The van der Waals surface area contributed by atoms with Gasteiger partial charge in [-0.2, -0.15) is 0 Å². The Bertz CT molecular complexity index is 137. The monoisotopic (exact) mass is 185 g/mol. The summed E-state index contributed by atoms with van der Waals surface area (Å²) in [7, 11) is 0. The smallest absolute Gasteiger partial charge is 0.0636 e. The van der Waals surface area contributed by atoms with Gasteiger partial charge in [-0.25, -0.2) is 0 Å². The third-order valence-electron chi connectivity index (χ3n) is 3.19. The third kappa shape index (κ3) is 3.28. The topological polar surface area (TPSA) is 32.3 Å². The Morgan fingerprint density at radius 1 is 1.31 bits per heavy atom. The summed E-state index contributed by atoms with van der Waals surface area (Å²) in [6.07, 6.45) is 3.82. The SMILES string of the molecule is CC1CCCC(C)C1NC[C@@H](C)O. The van der Waals surface area contributed by atoms with E-state index in [1.807, 2.05) is 6.92 Å². The Morgan fingerprint density at radius 2 is 1.85 bits per heavy atom. The molecule has 0 aliphatic heterocycles. The van der Waals surface area contributed by atoms with E-state index >= 15 is 0 Å². The van der Waals surface area contributed by atoms with E-state index < -0.39 is 0 Å². The van der Waals surface area contributed by atoms with Crippen molar-refractivity contribution in [3.8, 4) is 0 Å². The summed E-state index contributed by atoms with van der Waals surface area (Å²) in [5, 5.41) is 12.7. The first-order valence-electron chi connectivity index (χ1n) is 5.52. The summed E-state index contributed by atoms with van der Waals surface area (Å²) in [6, 6.07) is 0.614. The predicted molar refractivity (Wildman–Crippen MR) is 55.7 cm³/mol. The fourth-order valence-corrected chi connectivity index (χ4v) is 2.39. The molecule has 0 aromatic carbocycles. The molecule has 78 valence electrons. The summed E-state index contributed by atoms with van der Waals surface area (Å²) in [5.74, 6) is 1.53. The van der Waals surface area contributed by atoms with Gasteiger partial charge in [0.1, 0.15) is 0 Å². The van der Waals surface area contributed by atoms with Crippen LogP contribution in [0.1, 0.15) is 40.0 Å². The standard InChI is InChI=1S/C11H23NO/c1-8-5-4-6-9(2)11(8)12-7-10(3)13/h8-13H,4-7H2,1-3H3/t8?,9?,10-,11?/m1/s1. The Kier molecular flexibility index (Phi) is 4.20. The molecule has 13 heavy (non-hydrogen) atoms. The Labute approximate surface area is 81.7 Å². The quantitative estimate of drug-likeness (QED) is 0.702. The molecule has 2 unspecified atom stereocenters. The molecule has 1 saturated carbocycles. The van der Waals surface area contributed by atoms with Crippen molar-refractivity contribution in [1.29, 1.82) is 0 Å². The summed E-state index contributed by atoms with van der Waals surface area (Å²) in [4.78, 5) is 0. The van der Waals surface area contributed by atoms with Crippen molar-refractivity contribution in [2.75, 3.05) is 6.54 Å². The van der Waals surface area contributed by atoms with Crippen LogP contribution in [0.4, 0.5) is 0 Å². The molecular weight excluding hydrogens is 162 g/mol. The van der Waals surface area contributed by atoms with Crippen LogP contribution in [0.25, 0.3) is 0 Å². The molecule has 2 nitrogen and oxygen atoms in total. The Morgan fingerprint density at radius 3 is 2.31 bits per heavy atom. The maximum absolute atomic E-state index is 9.19. The van der Waals surface area contributed by atoms with Crippen LogP contribution in [0.2, 0.25) is 0 Å². The van der Waals surface area contributed by atoms with Gasteiger partial charge in [0.15, 0.2) is 0 Å². The van der Waals surface area contributed by atoms with Crippen LogP contribution in [0.15, 0.2) is 0 Å². The normalized spacial score (nSPS) is 37.4. The molecule has 1 fully saturated rings. The zero-order valence-electron chi connectivity index (χ0n) is 9.09. The molecule has 0 heterocycles. The largest absolute Gasteiger partial charge is 0.392 e. The van der Waals surface area contributed by atoms with Crippen molar-refractivity contribution < 1.29 is 5.11 Å². The minimum Gasteiger partial charge on any atom is -0.392 e. The van der Waals surface area contributed by atoms with Crippen molar-refractivity contribution in [3.05, 3.63) is 0 Å². The molecule has 0 aromatic rings. The second-order valence-corrected chi connectivity index (χ2v) is 4.67. The van der Waals surface area contributed by atoms with Crippen molar-refractivity contribution in [3.63, 3.8) is 0 Å². The van der Waals surface area contributed by atoms with Gasteiger partial charge in [-0.15, -0.1) is 0 Å². The predicted octanol–water partition coefficient (Wildman–Crippen LogP) is 1.78. The van der Waals surface area contributed by atoms with E-state index in [-0.39, 0.29) is 6.10 Å². The highest BCUT2D eigenvalue weighted by Crippen LogP contribution is 2.28. The molecule has 0 saturated heterocycles. The van der Waals surface area contributed by atoms with E-state index in [0.29, 0.717) is 6.04 Å². The van der Waals surface area contributed by atoms with Gasteiger partial charge >= 0.3 is 0 Å². The van der Waals surface area contributed by atoms with Gasteiger partial charge in [0.05, 0.1) is 6.10 Å². The molecule has 0 amide bonds. The molecule has 3 atom stereocenters. The van der Waals surface area contributed by atoms with E-state index in [9.17, 15) is 5.11 Å². The van der Waals surface area contributed by atoms with Gasteiger partial charge in [0, 0.05) is 12.6 Å². The van der Waals surface area contributed by atoms with Crippen molar-refractivity contribution in [2.24, 2.45) is 11.8 Å². The summed E-state index contributed by atoms with van der Waals surface area (Å²) in [5.41, 5.74) is 0. The van der Waals surface area contributed by atoms with Crippen LogP contribution in [-0.4, -0.2) is 23.8 Å². The molecule has 1 aliphatic rings. The molecule has 1 aliphatic carbocycles. The summed E-state index contributed by atoms with van der Waals surface area (Å²) in [6.45, 7) is 7.20. The van der Waals surface area contributed by atoms with E-state index in [0.717, 1.165) is 18.4 Å². The van der Waals surface area contributed by atoms with E-state index in [1.165, 1.54) is 19.3 Å². The van der Waals surface area contributed by atoms with E-state index in [2.05, 4.69) is 19.2 Å². The maximum Gasteiger partial charge on any atom is 0.0636 e. The van der Waals surface area contributed by atoms with Crippen LogP contribution in [0.5, 0.6) is 0 Å². The first-order valence-corrected chi connectivity index (χ1v) is 5.52. The van der Waals surface area contributed by atoms with Gasteiger partial charge < -0.3 is 10.4 Å².